The third-order valence-corrected chi connectivity index (χ3v) is 4.83. The van der Waals surface area contributed by atoms with Crippen LogP contribution in [0.3, 0.4) is 0 Å². The van der Waals surface area contributed by atoms with Gasteiger partial charge in [0.05, 0.1) is 0 Å². The fraction of sp³-hybridized carbons (Fsp3) is 0.588. The lowest BCUT2D eigenvalue weighted by atomic mass is 9.84. The van der Waals surface area contributed by atoms with E-state index in [1.165, 1.54) is 18.4 Å². The second-order valence-corrected chi connectivity index (χ2v) is 6.69. The van der Waals surface area contributed by atoms with Gasteiger partial charge in [-0.2, -0.15) is 0 Å². The monoisotopic (exact) mass is 272 g/mol. The number of rotatable bonds is 3. The van der Waals surface area contributed by atoms with Gasteiger partial charge >= 0.3 is 0 Å². The molecule has 2 aliphatic heterocycles. The summed E-state index contributed by atoms with van der Waals surface area (Å²) in [4.78, 5) is 14.1. The molecule has 1 aromatic carbocycles. The molecule has 2 saturated heterocycles. The van der Waals surface area contributed by atoms with Crippen LogP contribution in [0.5, 0.6) is 0 Å². The van der Waals surface area contributed by atoms with Crippen LogP contribution >= 0.6 is 0 Å². The summed E-state index contributed by atoms with van der Waals surface area (Å²) in [5.74, 6) is 0.100. The molecule has 2 aliphatic rings. The van der Waals surface area contributed by atoms with E-state index in [0.29, 0.717) is 12.1 Å². The van der Waals surface area contributed by atoms with Crippen molar-refractivity contribution in [3.05, 3.63) is 35.9 Å². The second-order valence-electron chi connectivity index (χ2n) is 6.69. The van der Waals surface area contributed by atoms with Gasteiger partial charge in [-0.1, -0.05) is 30.3 Å². The summed E-state index contributed by atoms with van der Waals surface area (Å²) in [7, 11) is 0. The average Bonchev–Trinajstić information content (AvgIpc) is 2.64. The molecule has 3 nitrogen and oxygen atoms in total. The average molecular weight is 272 g/mol. The molecule has 1 aromatic rings. The van der Waals surface area contributed by atoms with Gasteiger partial charge in [-0.25, -0.2) is 0 Å². The number of hydrogen-bond acceptors (Lipinski definition) is 2. The fourth-order valence-electron chi connectivity index (χ4n) is 4.16. The highest BCUT2D eigenvalue weighted by molar-refractivity contribution is 5.73. The van der Waals surface area contributed by atoms with Crippen LogP contribution in [0, 0.1) is 0 Å². The number of carbonyl (C=O) groups is 1. The third kappa shape index (κ3) is 2.73. The molecule has 20 heavy (non-hydrogen) atoms. The minimum Gasteiger partial charge on any atom is -0.351 e. The van der Waals surface area contributed by atoms with Gasteiger partial charge in [-0.15, -0.1) is 0 Å². The highest BCUT2D eigenvalue weighted by Crippen LogP contribution is 2.41. The van der Waals surface area contributed by atoms with E-state index in [-0.39, 0.29) is 11.4 Å². The third-order valence-electron chi connectivity index (χ3n) is 4.83. The number of nitrogens with zero attached hydrogens (tertiary/aromatic N) is 1. The molecule has 1 amide bonds. The summed E-state index contributed by atoms with van der Waals surface area (Å²) in [6.07, 6.45) is 4.70. The Morgan fingerprint density at radius 2 is 1.85 bits per heavy atom. The van der Waals surface area contributed by atoms with Crippen LogP contribution in [0.1, 0.15) is 45.1 Å². The predicted molar refractivity (Wildman–Crippen MR) is 80.3 cm³/mol. The van der Waals surface area contributed by atoms with Crippen LogP contribution in [0.2, 0.25) is 0 Å². The van der Waals surface area contributed by atoms with Gasteiger partial charge in [-0.05, 0) is 38.2 Å². The molecule has 2 heterocycles. The second kappa shape index (κ2) is 5.21. The first-order chi connectivity index (χ1) is 9.56. The Morgan fingerprint density at radius 1 is 1.25 bits per heavy atom. The smallest absolute Gasteiger partial charge is 0.217 e. The lowest BCUT2D eigenvalue weighted by molar-refractivity contribution is -0.121. The van der Waals surface area contributed by atoms with Gasteiger partial charge < -0.3 is 5.32 Å². The molecule has 1 unspecified atom stereocenters. The molecule has 0 aromatic heterocycles. The molecule has 3 atom stereocenters. The highest BCUT2D eigenvalue weighted by atomic mass is 16.1. The molecule has 108 valence electrons. The quantitative estimate of drug-likeness (QED) is 0.917. The molecule has 3 heteroatoms. The maximum atomic E-state index is 11.4. The van der Waals surface area contributed by atoms with Crippen molar-refractivity contribution in [1.82, 2.24) is 10.2 Å². The summed E-state index contributed by atoms with van der Waals surface area (Å²) in [5.41, 5.74) is 1.39. The van der Waals surface area contributed by atoms with E-state index >= 15 is 0 Å². The molecule has 2 fully saturated rings. The summed E-state index contributed by atoms with van der Waals surface area (Å²) in [6, 6.07) is 12.0. The van der Waals surface area contributed by atoms with Gasteiger partial charge in [0.15, 0.2) is 0 Å². The largest absolute Gasteiger partial charge is 0.351 e. The molecular formula is C17H24N2O. The SMILES string of the molecule is CC(=O)NC1(C)C[C@H]2CC[C@@H](C1)N2Cc1ccccc1. The van der Waals surface area contributed by atoms with Gasteiger partial charge in [0.2, 0.25) is 5.91 Å². The summed E-state index contributed by atoms with van der Waals surface area (Å²) < 4.78 is 0. The zero-order chi connectivity index (χ0) is 14.2. The molecule has 0 radical (unpaired) electrons. The topological polar surface area (TPSA) is 32.3 Å². The van der Waals surface area contributed by atoms with E-state index in [2.05, 4.69) is 47.5 Å². The van der Waals surface area contributed by atoms with E-state index < -0.39 is 0 Å². The molecule has 1 N–H and O–H groups in total. The molecular weight excluding hydrogens is 248 g/mol. The summed E-state index contributed by atoms with van der Waals surface area (Å²) in [5, 5.41) is 3.18. The molecule has 0 aliphatic carbocycles. The van der Waals surface area contributed by atoms with Crippen molar-refractivity contribution < 1.29 is 4.79 Å². The van der Waals surface area contributed by atoms with Crippen molar-refractivity contribution in [2.75, 3.05) is 0 Å². The number of fused-ring (bicyclic) bond motifs is 2. The van der Waals surface area contributed by atoms with E-state index in [1.54, 1.807) is 6.92 Å². The van der Waals surface area contributed by atoms with Crippen LogP contribution in [-0.2, 0) is 11.3 Å². The number of nitrogens with one attached hydrogen (secondary N) is 1. The van der Waals surface area contributed by atoms with Gasteiger partial charge in [0, 0.05) is 31.1 Å². The minimum atomic E-state index is -0.00907. The zero-order valence-electron chi connectivity index (χ0n) is 12.4. The predicted octanol–water partition coefficient (Wildman–Crippen LogP) is 2.71. The van der Waals surface area contributed by atoms with E-state index in [9.17, 15) is 4.79 Å². The maximum absolute atomic E-state index is 11.4. The van der Waals surface area contributed by atoms with Crippen molar-refractivity contribution in [3.8, 4) is 0 Å². The Kier molecular flexibility index (Phi) is 3.55. The highest BCUT2D eigenvalue weighted by Gasteiger charge is 2.46. The number of carbonyl (C=O) groups excluding carboxylic acids is 1. The van der Waals surface area contributed by atoms with Crippen LogP contribution in [-0.4, -0.2) is 28.4 Å². The Balaban J connectivity index is 1.70. The van der Waals surface area contributed by atoms with Crippen molar-refractivity contribution in [2.24, 2.45) is 0 Å². The van der Waals surface area contributed by atoms with Crippen LogP contribution in [0.25, 0.3) is 0 Å². The van der Waals surface area contributed by atoms with Crippen LogP contribution < -0.4 is 5.32 Å². The van der Waals surface area contributed by atoms with E-state index in [4.69, 9.17) is 0 Å². The van der Waals surface area contributed by atoms with Crippen molar-refractivity contribution in [3.63, 3.8) is 0 Å². The molecule has 2 bridgehead atoms. The Morgan fingerprint density at radius 3 is 2.40 bits per heavy atom. The van der Waals surface area contributed by atoms with Crippen LogP contribution in [0.4, 0.5) is 0 Å². The number of amides is 1. The number of benzene rings is 1. The van der Waals surface area contributed by atoms with Crippen molar-refractivity contribution in [1.29, 1.82) is 0 Å². The first kappa shape index (κ1) is 13.6. The number of piperidine rings is 1. The van der Waals surface area contributed by atoms with E-state index in [1.807, 2.05) is 0 Å². The Bertz CT molecular complexity index is 471. The minimum absolute atomic E-state index is 0.00907. The Hall–Kier alpha value is -1.35. The lowest BCUT2D eigenvalue weighted by Gasteiger charge is -2.45. The number of hydrogen-bond donors (Lipinski definition) is 1. The maximum Gasteiger partial charge on any atom is 0.217 e. The molecule has 0 saturated carbocycles. The van der Waals surface area contributed by atoms with Crippen molar-refractivity contribution >= 4 is 5.91 Å². The first-order valence-corrected chi connectivity index (χ1v) is 7.64. The molecule has 0 spiro atoms. The van der Waals surface area contributed by atoms with Gasteiger partial charge in [0.25, 0.3) is 0 Å². The zero-order valence-corrected chi connectivity index (χ0v) is 12.4. The molecule has 3 rings (SSSR count). The van der Waals surface area contributed by atoms with E-state index in [0.717, 1.165) is 19.4 Å². The first-order valence-electron chi connectivity index (χ1n) is 7.64. The fourth-order valence-corrected chi connectivity index (χ4v) is 4.16. The summed E-state index contributed by atoms with van der Waals surface area (Å²) >= 11 is 0. The standard InChI is InChI=1S/C17H24N2O/c1-13(20)18-17(2)10-15-8-9-16(11-17)19(15)12-14-6-4-3-5-7-14/h3-7,15-16H,8-12H2,1-2H3,(H,18,20)/t15-,16+,17?. The summed E-state index contributed by atoms with van der Waals surface area (Å²) in [6.45, 7) is 4.88. The lowest BCUT2D eigenvalue weighted by Crippen LogP contribution is -2.56. The van der Waals surface area contributed by atoms with Gasteiger partial charge in [-0.3, -0.25) is 9.69 Å². The normalized spacial score (nSPS) is 33.1. The van der Waals surface area contributed by atoms with Crippen molar-refractivity contribution in [2.45, 2.75) is 63.7 Å². The van der Waals surface area contributed by atoms with Crippen LogP contribution in [0.15, 0.2) is 30.3 Å². The van der Waals surface area contributed by atoms with Gasteiger partial charge in [0.1, 0.15) is 0 Å². The Labute approximate surface area is 121 Å².